The Morgan fingerprint density at radius 3 is 2.38 bits per heavy atom. The average Bonchev–Trinajstić information content (AvgIpc) is 3.45. The number of alkyl halides is 3. The van der Waals surface area contributed by atoms with E-state index in [0.29, 0.717) is 75.5 Å². The molecule has 1 saturated heterocycles. The van der Waals surface area contributed by atoms with Crippen molar-refractivity contribution in [3.63, 3.8) is 0 Å². The molecule has 254 valence electrons. The van der Waals surface area contributed by atoms with Crippen LogP contribution in [0.4, 0.5) is 29.3 Å². The van der Waals surface area contributed by atoms with Crippen molar-refractivity contribution in [2.45, 2.75) is 58.9 Å². The molecule has 1 N–H and O–H groups in total. The molecular formula is C30H34Cl2F3N7O5. The monoisotopic (exact) mass is 699 g/mol. The summed E-state index contributed by atoms with van der Waals surface area (Å²) in [6, 6.07) is 1.59. The quantitative estimate of drug-likeness (QED) is 0.369. The van der Waals surface area contributed by atoms with Crippen LogP contribution in [0.2, 0.25) is 10.0 Å². The van der Waals surface area contributed by atoms with E-state index in [1.807, 2.05) is 17.9 Å². The predicted octanol–water partition coefficient (Wildman–Crippen LogP) is 5.28. The van der Waals surface area contributed by atoms with Crippen LogP contribution in [-0.4, -0.2) is 81.1 Å². The second-order valence-electron chi connectivity index (χ2n) is 12.1. The van der Waals surface area contributed by atoms with Crippen molar-refractivity contribution >= 4 is 57.9 Å². The van der Waals surface area contributed by atoms with Gasteiger partial charge in [0, 0.05) is 26.2 Å². The van der Waals surface area contributed by atoms with Crippen LogP contribution in [-0.2, 0) is 33.4 Å². The summed E-state index contributed by atoms with van der Waals surface area (Å²) in [4.78, 5) is 48.3. The molecule has 0 radical (unpaired) electrons. The van der Waals surface area contributed by atoms with Crippen molar-refractivity contribution < 1.29 is 32.2 Å². The number of fused-ring (bicyclic) bond motifs is 1. The maximum absolute atomic E-state index is 14.1. The van der Waals surface area contributed by atoms with Gasteiger partial charge in [-0.05, 0) is 51.3 Å². The molecule has 1 fully saturated rings. The number of halogens is 5. The molecule has 0 aliphatic carbocycles. The third-order valence-corrected chi connectivity index (χ3v) is 8.22. The molecule has 1 aromatic carbocycles. The van der Waals surface area contributed by atoms with E-state index in [2.05, 4.69) is 15.4 Å². The average molecular weight is 701 g/mol. The lowest BCUT2D eigenvalue weighted by Gasteiger charge is -2.37. The number of ether oxygens (including phenoxy) is 2. The van der Waals surface area contributed by atoms with Crippen LogP contribution in [0.25, 0.3) is 11.4 Å². The van der Waals surface area contributed by atoms with Gasteiger partial charge in [0.25, 0.3) is 5.56 Å². The fourth-order valence-corrected chi connectivity index (χ4v) is 5.91. The molecule has 2 aliphatic rings. The van der Waals surface area contributed by atoms with Gasteiger partial charge in [-0.3, -0.25) is 9.59 Å². The fourth-order valence-electron chi connectivity index (χ4n) is 5.43. The van der Waals surface area contributed by atoms with Crippen LogP contribution in [0.1, 0.15) is 51.2 Å². The maximum Gasteiger partial charge on any atom is 0.417 e. The Balaban J connectivity index is 1.52. The lowest BCUT2D eigenvalue weighted by atomic mass is 10.1. The lowest BCUT2D eigenvalue weighted by Crippen LogP contribution is -2.51. The Hall–Kier alpha value is -3.82. The Morgan fingerprint density at radius 1 is 1.09 bits per heavy atom. The second-order valence-corrected chi connectivity index (χ2v) is 12.9. The molecule has 5 rings (SSSR count). The first-order valence-corrected chi connectivity index (χ1v) is 15.7. The van der Waals surface area contributed by atoms with Gasteiger partial charge in [-0.2, -0.15) is 22.7 Å². The fraction of sp³-hybridized carbons (Fsp3) is 0.500. The highest BCUT2D eigenvalue weighted by atomic mass is 35.5. The maximum atomic E-state index is 14.1. The summed E-state index contributed by atoms with van der Waals surface area (Å²) in [5.74, 6) is -0.235. The van der Waals surface area contributed by atoms with E-state index in [4.69, 9.17) is 32.7 Å². The number of benzene rings is 1. The molecule has 12 nitrogen and oxygen atoms in total. The Kier molecular flexibility index (Phi) is 9.81. The standard InChI is InChI=1S/C30H34Cl2F3N7O5/c1-5-22-24(39-8-10-40(11-9-39)28(45)47-29(2,3)4)26(44)42-27(37-25(38-42)17-6-12-46-13-7-17)41(22)16-23(43)36-21-15-19(31)18(14-20(21)32)30(33,34)35/h6,14-15H,5,7-13,16H2,1-4H3,(H,36,43). The molecule has 2 amide bonds. The van der Waals surface area contributed by atoms with Crippen molar-refractivity contribution in [2.75, 3.05) is 49.6 Å². The SMILES string of the molecule is CCc1c(N2CCN(C(=O)OC(C)(C)C)CC2)c(=O)n2nc(C3=CCOCC3)nc2n1CC(=O)Nc1cc(Cl)c(C(F)(F)F)cc1Cl. The minimum absolute atomic E-state index is 0.108. The van der Waals surface area contributed by atoms with Gasteiger partial charge in [-0.15, -0.1) is 5.10 Å². The van der Waals surface area contributed by atoms with E-state index >= 15 is 0 Å². The van der Waals surface area contributed by atoms with Crippen LogP contribution in [0.3, 0.4) is 0 Å². The van der Waals surface area contributed by atoms with E-state index in [1.165, 1.54) is 0 Å². The number of carbonyl (C=O) groups is 2. The number of amides is 2. The van der Waals surface area contributed by atoms with E-state index in [9.17, 15) is 27.6 Å². The van der Waals surface area contributed by atoms with Crippen LogP contribution in [0.15, 0.2) is 23.0 Å². The number of nitrogens with zero attached hydrogens (tertiary/aromatic N) is 6. The number of aromatic nitrogens is 4. The third-order valence-electron chi connectivity index (χ3n) is 7.60. The summed E-state index contributed by atoms with van der Waals surface area (Å²) in [5.41, 5.74) is -0.784. The van der Waals surface area contributed by atoms with Gasteiger partial charge in [-0.25, -0.2) is 4.79 Å². The van der Waals surface area contributed by atoms with E-state index in [1.54, 1.807) is 30.2 Å². The Bertz CT molecular complexity index is 1790. The lowest BCUT2D eigenvalue weighted by molar-refractivity contribution is -0.137. The van der Waals surface area contributed by atoms with Crippen LogP contribution in [0, 0.1) is 0 Å². The number of carbonyl (C=O) groups excluding carboxylic acids is 2. The van der Waals surface area contributed by atoms with E-state index in [-0.39, 0.29) is 23.0 Å². The minimum atomic E-state index is -4.74. The molecule has 0 unspecified atom stereocenters. The van der Waals surface area contributed by atoms with Crippen LogP contribution >= 0.6 is 23.2 Å². The van der Waals surface area contributed by atoms with Crippen molar-refractivity contribution in [1.29, 1.82) is 0 Å². The first-order chi connectivity index (χ1) is 22.1. The predicted molar refractivity (Wildman–Crippen MR) is 170 cm³/mol. The smallest absolute Gasteiger partial charge is 0.417 e. The molecule has 47 heavy (non-hydrogen) atoms. The van der Waals surface area contributed by atoms with Gasteiger partial charge in [0.1, 0.15) is 17.8 Å². The molecule has 2 aromatic heterocycles. The van der Waals surface area contributed by atoms with Crippen molar-refractivity contribution in [3.05, 3.63) is 55.7 Å². The summed E-state index contributed by atoms with van der Waals surface area (Å²) in [7, 11) is 0. The molecule has 4 heterocycles. The van der Waals surface area contributed by atoms with Gasteiger partial charge in [-0.1, -0.05) is 36.2 Å². The van der Waals surface area contributed by atoms with E-state index in [0.717, 1.165) is 16.2 Å². The normalized spacial score (nSPS) is 16.0. The zero-order valence-corrected chi connectivity index (χ0v) is 27.7. The number of rotatable bonds is 6. The summed E-state index contributed by atoms with van der Waals surface area (Å²) < 4.78 is 53.5. The van der Waals surface area contributed by atoms with E-state index < -0.39 is 39.9 Å². The first kappa shape index (κ1) is 34.5. The highest BCUT2D eigenvalue weighted by molar-refractivity contribution is 6.36. The summed E-state index contributed by atoms with van der Waals surface area (Å²) >= 11 is 12.0. The largest absolute Gasteiger partial charge is 0.444 e. The summed E-state index contributed by atoms with van der Waals surface area (Å²) in [6.07, 6.45) is -2.52. The van der Waals surface area contributed by atoms with Gasteiger partial charge < -0.3 is 29.2 Å². The Labute approximate surface area is 278 Å². The third kappa shape index (κ3) is 7.52. The number of hydrogen-bond donors (Lipinski definition) is 1. The molecule has 2 aliphatic heterocycles. The number of piperazine rings is 1. The van der Waals surface area contributed by atoms with Crippen molar-refractivity contribution in [1.82, 2.24) is 24.1 Å². The molecule has 0 saturated carbocycles. The summed E-state index contributed by atoms with van der Waals surface area (Å²) in [6.45, 7) is 8.81. The van der Waals surface area contributed by atoms with Crippen LogP contribution in [0.5, 0.6) is 0 Å². The Morgan fingerprint density at radius 2 is 1.79 bits per heavy atom. The second kappa shape index (κ2) is 13.4. The highest BCUT2D eigenvalue weighted by Crippen LogP contribution is 2.39. The zero-order chi connectivity index (χ0) is 34.3. The minimum Gasteiger partial charge on any atom is -0.444 e. The van der Waals surface area contributed by atoms with Gasteiger partial charge in [0.2, 0.25) is 11.7 Å². The number of nitrogens with one attached hydrogen (secondary N) is 1. The molecule has 0 bridgehead atoms. The highest BCUT2D eigenvalue weighted by Gasteiger charge is 2.35. The van der Waals surface area contributed by atoms with Gasteiger partial charge in [0.15, 0.2) is 5.82 Å². The molecular weight excluding hydrogens is 666 g/mol. The zero-order valence-electron chi connectivity index (χ0n) is 26.2. The molecule has 0 atom stereocenters. The first-order valence-electron chi connectivity index (χ1n) is 15.0. The summed E-state index contributed by atoms with van der Waals surface area (Å²) in [5, 5.41) is 6.08. The van der Waals surface area contributed by atoms with Gasteiger partial charge >= 0.3 is 12.3 Å². The van der Waals surface area contributed by atoms with Crippen LogP contribution < -0.4 is 15.8 Å². The molecule has 0 spiro atoms. The topological polar surface area (TPSA) is 123 Å². The number of anilines is 2. The number of hydrogen-bond acceptors (Lipinski definition) is 8. The molecule has 3 aromatic rings. The molecule has 17 heteroatoms. The van der Waals surface area contributed by atoms with Gasteiger partial charge in [0.05, 0.1) is 40.2 Å². The van der Waals surface area contributed by atoms with Crippen molar-refractivity contribution in [2.24, 2.45) is 0 Å². The van der Waals surface area contributed by atoms with Crippen molar-refractivity contribution in [3.8, 4) is 0 Å².